The van der Waals surface area contributed by atoms with Crippen LogP contribution in [0.5, 0.6) is 0 Å². The van der Waals surface area contributed by atoms with Crippen molar-refractivity contribution in [2.45, 2.75) is 26.6 Å². The third-order valence-corrected chi connectivity index (χ3v) is 0.563. The van der Waals surface area contributed by atoms with Crippen LogP contribution in [0.15, 0.2) is 0 Å². The molecule has 0 aliphatic carbocycles. The van der Waals surface area contributed by atoms with Gasteiger partial charge in [-0.1, -0.05) is 6.92 Å². The Morgan fingerprint density at radius 3 is 2.43 bits per heavy atom. The molecule has 1 atom stereocenters. The summed E-state index contributed by atoms with van der Waals surface area (Å²) in [5.41, 5.74) is 0. The Hall–Kier alpha value is -0.0800. The highest BCUT2D eigenvalue weighted by Gasteiger charge is 1.88. The van der Waals surface area contributed by atoms with Crippen molar-refractivity contribution in [3.63, 3.8) is 0 Å². The van der Waals surface area contributed by atoms with Crippen molar-refractivity contribution in [1.29, 1.82) is 0 Å². The molecule has 0 aromatic rings. The van der Waals surface area contributed by atoms with E-state index in [1.54, 1.807) is 6.92 Å². The first kappa shape index (κ1) is 6.92. The summed E-state index contributed by atoms with van der Waals surface area (Å²) in [5.74, 6) is 0. The van der Waals surface area contributed by atoms with Crippen molar-refractivity contribution in [2.75, 3.05) is 6.61 Å². The van der Waals surface area contributed by atoms with Gasteiger partial charge in [-0.05, 0) is 13.3 Å². The maximum Gasteiger partial charge on any atom is 0.151 e. The van der Waals surface area contributed by atoms with Crippen LogP contribution in [-0.2, 0) is 4.74 Å². The van der Waals surface area contributed by atoms with Gasteiger partial charge in [-0.3, -0.25) is 0 Å². The molecule has 0 amide bonds. The highest BCUT2D eigenvalue weighted by atomic mass is 16.6. The maximum absolute atomic E-state index is 8.46. The second-order valence-electron chi connectivity index (χ2n) is 1.47. The monoisotopic (exact) mass is 104 g/mol. The highest BCUT2D eigenvalue weighted by molar-refractivity contribution is 4.24. The molecule has 0 unspecified atom stereocenters. The van der Waals surface area contributed by atoms with E-state index < -0.39 is 6.29 Å². The lowest BCUT2D eigenvalue weighted by Crippen LogP contribution is -2.05. The number of hydrogen-bond donors (Lipinski definition) is 1. The smallest absolute Gasteiger partial charge is 0.151 e. The topological polar surface area (TPSA) is 29.5 Å². The zero-order chi connectivity index (χ0) is 5.70. The molecule has 0 aromatic heterocycles. The second kappa shape index (κ2) is 4.09. The molecule has 0 saturated heterocycles. The molecule has 7 heavy (non-hydrogen) atoms. The minimum Gasteiger partial charge on any atom is -0.368 e. The maximum atomic E-state index is 8.46. The largest absolute Gasteiger partial charge is 0.368 e. The van der Waals surface area contributed by atoms with Crippen molar-refractivity contribution < 1.29 is 9.84 Å². The Morgan fingerprint density at radius 1 is 1.71 bits per heavy atom. The molecule has 2 nitrogen and oxygen atoms in total. The summed E-state index contributed by atoms with van der Waals surface area (Å²) in [6.45, 7) is 4.26. The van der Waals surface area contributed by atoms with Gasteiger partial charge in [0.05, 0.1) is 0 Å². The number of aliphatic hydroxyl groups is 1. The van der Waals surface area contributed by atoms with E-state index in [0.29, 0.717) is 6.61 Å². The van der Waals surface area contributed by atoms with Gasteiger partial charge >= 0.3 is 0 Å². The first-order valence-corrected chi connectivity index (χ1v) is 2.57. The van der Waals surface area contributed by atoms with Gasteiger partial charge in [0, 0.05) is 6.61 Å². The van der Waals surface area contributed by atoms with Gasteiger partial charge in [0.1, 0.15) is 0 Å². The molecule has 2 heteroatoms. The molecule has 0 radical (unpaired) electrons. The lowest BCUT2D eigenvalue weighted by molar-refractivity contribution is -0.0846. The highest BCUT2D eigenvalue weighted by Crippen LogP contribution is 1.84. The third kappa shape index (κ3) is 5.92. The summed E-state index contributed by atoms with van der Waals surface area (Å²) >= 11 is 0. The molecule has 0 bridgehead atoms. The van der Waals surface area contributed by atoms with Crippen LogP contribution in [0.4, 0.5) is 0 Å². The Balaban J connectivity index is 2.68. The van der Waals surface area contributed by atoms with E-state index in [1.807, 2.05) is 6.92 Å². The minimum atomic E-state index is -0.597. The second-order valence-corrected chi connectivity index (χ2v) is 1.47. The van der Waals surface area contributed by atoms with E-state index in [1.165, 1.54) is 0 Å². The molecule has 0 aliphatic rings. The Kier molecular flexibility index (Phi) is 4.04. The van der Waals surface area contributed by atoms with Gasteiger partial charge in [-0.2, -0.15) is 0 Å². The molecule has 0 aliphatic heterocycles. The molecule has 0 aromatic carbocycles. The van der Waals surface area contributed by atoms with Crippen molar-refractivity contribution in [3.05, 3.63) is 0 Å². The molecule has 0 spiro atoms. The summed E-state index contributed by atoms with van der Waals surface area (Å²) in [5, 5.41) is 8.46. The molecular formula is C5H12O2. The molecular weight excluding hydrogens is 92.1 g/mol. The Bertz CT molecular complexity index is 35.1. The van der Waals surface area contributed by atoms with E-state index in [2.05, 4.69) is 0 Å². The normalized spacial score (nSPS) is 14.1. The predicted octanol–water partition coefficient (Wildman–Crippen LogP) is 0.751. The van der Waals surface area contributed by atoms with Crippen LogP contribution in [0.25, 0.3) is 0 Å². The molecule has 0 rings (SSSR count). The van der Waals surface area contributed by atoms with Crippen molar-refractivity contribution in [3.8, 4) is 0 Å². The van der Waals surface area contributed by atoms with Crippen molar-refractivity contribution in [2.24, 2.45) is 0 Å². The van der Waals surface area contributed by atoms with Crippen LogP contribution < -0.4 is 0 Å². The van der Waals surface area contributed by atoms with E-state index in [9.17, 15) is 0 Å². The SMILES string of the molecule is CCCO[C@H](C)O. The summed E-state index contributed by atoms with van der Waals surface area (Å²) in [7, 11) is 0. The number of rotatable bonds is 3. The van der Waals surface area contributed by atoms with Gasteiger partial charge in [-0.15, -0.1) is 0 Å². The summed E-state index contributed by atoms with van der Waals surface area (Å²) in [6, 6.07) is 0. The van der Waals surface area contributed by atoms with Crippen LogP contribution in [0.1, 0.15) is 20.3 Å². The van der Waals surface area contributed by atoms with Crippen LogP contribution >= 0.6 is 0 Å². The fraction of sp³-hybridized carbons (Fsp3) is 1.00. The van der Waals surface area contributed by atoms with E-state index in [4.69, 9.17) is 9.84 Å². The number of hydrogen-bond acceptors (Lipinski definition) is 2. The van der Waals surface area contributed by atoms with Gasteiger partial charge in [0.15, 0.2) is 6.29 Å². The molecule has 44 valence electrons. The summed E-state index contributed by atoms with van der Waals surface area (Å²) < 4.78 is 4.75. The zero-order valence-corrected chi connectivity index (χ0v) is 4.85. The lowest BCUT2D eigenvalue weighted by Gasteiger charge is -2.02. The van der Waals surface area contributed by atoms with Gasteiger partial charge in [0.2, 0.25) is 0 Å². The zero-order valence-electron chi connectivity index (χ0n) is 4.85. The van der Waals surface area contributed by atoms with E-state index in [-0.39, 0.29) is 0 Å². The average Bonchev–Trinajstić information content (AvgIpc) is 1.61. The van der Waals surface area contributed by atoms with Crippen LogP contribution in [0, 0.1) is 0 Å². The van der Waals surface area contributed by atoms with Crippen LogP contribution in [-0.4, -0.2) is 18.0 Å². The molecule has 0 heterocycles. The molecule has 0 saturated carbocycles. The summed E-state index contributed by atoms with van der Waals surface area (Å²) in [4.78, 5) is 0. The van der Waals surface area contributed by atoms with Crippen molar-refractivity contribution in [1.82, 2.24) is 0 Å². The lowest BCUT2D eigenvalue weighted by atomic mass is 10.5. The van der Waals surface area contributed by atoms with E-state index >= 15 is 0 Å². The first-order valence-electron chi connectivity index (χ1n) is 2.57. The fourth-order valence-electron chi connectivity index (χ4n) is 0.288. The van der Waals surface area contributed by atoms with Crippen LogP contribution in [0.2, 0.25) is 0 Å². The van der Waals surface area contributed by atoms with Crippen molar-refractivity contribution >= 4 is 0 Å². The first-order chi connectivity index (χ1) is 3.27. The Morgan fingerprint density at radius 2 is 2.29 bits per heavy atom. The predicted molar refractivity (Wildman–Crippen MR) is 27.9 cm³/mol. The quantitative estimate of drug-likeness (QED) is 0.535. The third-order valence-electron chi connectivity index (χ3n) is 0.563. The minimum absolute atomic E-state index is 0.597. The fourth-order valence-corrected chi connectivity index (χ4v) is 0.288. The standard InChI is InChI=1S/C5H12O2/c1-3-4-7-5(2)6/h5-6H,3-4H2,1-2H3/t5-/m1/s1. The van der Waals surface area contributed by atoms with Gasteiger partial charge < -0.3 is 9.84 Å². The number of ether oxygens (including phenoxy) is 1. The van der Waals surface area contributed by atoms with Crippen LogP contribution in [0.3, 0.4) is 0 Å². The van der Waals surface area contributed by atoms with Gasteiger partial charge in [0.25, 0.3) is 0 Å². The summed E-state index contributed by atoms with van der Waals surface area (Å²) in [6.07, 6.45) is 0.366. The Labute approximate surface area is 44.1 Å². The van der Waals surface area contributed by atoms with E-state index in [0.717, 1.165) is 6.42 Å². The molecule has 0 fully saturated rings. The molecule has 1 N–H and O–H groups in total. The average molecular weight is 104 g/mol. The van der Waals surface area contributed by atoms with Gasteiger partial charge in [-0.25, -0.2) is 0 Å². The number of aliphatic hydroxyl groups excluding tert-OH is 1.